The third-order valence-electron chi connectivity index (χ3n) is 5.31. The fourth-order valence-electron chi connectivity index (χ4n) is 4.04. The van der Waals surface area contributed by atoms with Crippen molar-refractivity contribution in [3.05, 3.63) is 83.3 Å². The van der Waals surface area contributed by atoms with Crippen LogP contribution in [0.1, 0.15) is 28.5 Å². The molecule has 30 heavy (non-hydrogen) atoms. The molecular weight excluding hydrogens is 378 g/mol. The number of hydrogen-bond donors (Lipinski definition) is 2. The van der Waals surface area contributed by atoms with Crippen LogP contribution in [-0.4, -0.2) is 24.9 Å². The summed E-state index contributed by atoms with van der Waals surface area (Å²) >= 11 is 0. The highest BCUT2D eigenvalue weighted by Crippen LogP contribution is 2.34. The zero-order valence-corrected chi connectivity index (χ0v) is 17.1. The Hall–Kier alpha value is -3.54. The molecule has 1 aliphatic rings. The molecule has 6 nitrogen and oxygen atoms in total. The molecule has 0 saturated heterocycles. The quantitative estimate of drug-likeness (QED) is 0.636. The molecule has 0 spiro atoms. The third-order valence-corrected chi connectivity index (χ3v) is 5.31. The lowest BCUT2D eigenvalue weighted by Crippen LogP contribution is -2.41. The Balaban J connectivity index is 1.45. The summed E-state index contributed by atoms with van der Waals surface area (Å²) in [6, 6.07) is 17.5. The second-order valence-electron chi connectivity index (χ2n) is 7.64. The summed E-state index contributed by atoms with van der Waals surface area (Å²) in [4.78, 5) is 27.1. The number of nitrogens with one attached hydrogen (secondary N) is 2. The molecule has 0 saturated carbocycles. The number of hydrogen-bond acceptors (Lipinski definition) is 4. The van der Waals surface area contributed by atoms with Crippen LogP contribution in [0.5, 0.6) is 0 Å². The van der Waals surface area contributed by atoms with Crippen molar-refractivity contribution < 1.29 is 14.0 Å². The van der Waals surface area contributed by atoms with Gasteiger partial charge in [-0.25, -0.2) is 0 Å². The predicted molar refractivity (Wildman–Crippen MR) is 116 cm³/mol. The number of aryl methyl sites for hydroxylation is 2. The monoisotopic (exact) mass is 403 g/mol. The summed E-state index contributed by atoms with van der Waals surface area (Å²) in [6.07, 6.45) is 2.56. The van der Waals surface area contributed by atoms with Gasteiger partial charge in [0.05, 0.1) is 6.26 Å². The van der Waals surface area contributed by atoms with Crippen molar-refractivity contribution in [3.8, 4) is 0 Å². The first-order valence-corrected chi connectivity index (χ1v) is 10.1. The number of anilines is 2. The summed E-state index contributed by atoms with van der Waals surface area (Å²) in [5.41, 5.74) is 5.07. The van der Waals surface area contributed by atoms with E-state index < -0.39 is 11.8 Å². The van der Waals surface area contributed by atoms with E-state index in [0.29, 0.717) is 5.69 Å². The number of rotatable bonds is 5. The van der Waals surface area contributed by atoms with Crippen molar-refractivity contribution in [3.63, 3.8) is 0 Å². The topological polar surface area (TPSA) is 74.6 Å². The molecular formula is C24H25N3O3. The Morgan fingerprint density at radius 1 is 1.03 bits per heavy atom. The van der Waals surface area contributed by atoms with Crippen LogP contribution in [0, 0.1) is 13.8 Å². The highest BCUT2D eigenvalue weighted by atomic mass is 16.3. The normalized spacial score (nSPS) is 13.6. The molecule has 0 bridgehead atoms. The minimum absolute atomic E-state index is 0.193. The van der Waals surface area contributed by atoms with Crippen molar-refractivity contribution in [1.82, 2.24) is 5.32 Å². The fourth-order valence-corrected chi connectivity index (χ4v) is 4.04. The molecule has 4 rings (SSSR count). The number of amides is 2. The van der Waals surface area contributed by atoms with Gasteiger partial charge in [-0.3, -0.25) is 9.59 Å². The first-order chi connectivity index (χ1) is 14.5. The maximum Gasteiger partial charge on any atom is 0.313 e. The Morgan fingerprint density at radius 2 is 1.80 bits per heavy atom. The van der Waals surface area contributed by atoms with E-state index in [4.69, 9.17) is 4.42 Å². The smallest absolute Gasteiger partial charge is 0.313 e. The second-order valence-corrected chi connectivity index (χ2v) is 7.64. The van der Waals surface area contributed by atoms with Crippen LogP contribution < -0.4 is 15.5 Å². The maximum absolute atomic E-state index is 12.5. The highest BCUT2D eigenvalue weighted by Gasteiger charge is 2.29. The van der Waals surface area contributed by atoms with Gasteiger partial charge in [-0.05, 0) is 67.3 Å². The number of carbonyl (C=O) groups excluding carboxylic acids is 2. The van der Waals surface area contributed by atoms with Gasteiger partial charge >= 0.3 is 11.8 Å². The molecule has 1 aromatic heterocycles. The van der Waals surface area contributed by atoms with E-state index in [1.807, 2.05) is 56.3 Å². The van der Waals surface area contributed by atoms with Crippen LogP contribution in [0.3, 0.4) is 0 Å². The largest absolute Gasteiger partial charge is 0.467 e. The van der Waals surface area contributed by atoms with Gasteiger partial charge in [0.15, 0.2) is 0 Å². The van der Waals surface area contributed by atoms with E-state index in [-0.39, 0.29) is 12.6 Å². The van der Waals surface area contributed by atoms with Crippen LogP contribution >= 0.6 is 0 Å². The minimum atomic E-state index is -0.681. The minimum Gasteiger partial charge on any atom is -0.467 e. The molecule has 2 N–H and O–H groups in total. The van der Waals surface area contributed by atoms with E-state index in [2.05, 4.69) is 27.7 Å². The molecule has 2 heterocycles. The molecule has 0 fully saturated rings. The number of furan rings is 1. The van der Waals surface area contributed by atoms with Gasteiger partial charge in [0.25, 0.3) is 0 Å². The Bertz CT molecular complexity index is 1040. The lowest BCUT2D eigenvalue weighted by atomic mass is 10.1. The lowest BCUT2D eigenvalue weighted by molar-refractivity contribution is -0.136. The Morgan fingerprint density at radius 3 is 2.53 bits per heavy atom. The highest BCUT2D eigenvalue weighted by molar-refractivity contribution is 6.39. The molecule has 1 atom stereocenters. The molecule has 1 aliphatic heterocycles. The fraction of sp³-hybridized carbons (Fsp3) is 0.250. The summed E-state index contributed by atoms with van der Waals surface area (Å²) in [7, 11) is 0. The average molecular weight is 403 g/mol. The summed E-state index contributed by atoms with van der Waals surface area (Å²) in [5, 5.41) is 5.45. The van der Waals surface area contributed by atoms with Crippen molar-refractivity contribution in [2.45, 2.75) is 26.3 Å². The summed E-state index contributed by atoms with van der Waals surface area (Å²) < 4.78 is 5.64. The third kappa shape index (κ3) is 4.22. The van der Waals surface area contributed by atoms with E-state index in [9.17, 15) is 9.59 Å². The number of nitrogens with zero attached hydrogens (tertiary/aromatic N) is 1. The predicted octanol–water partition coefficient (Wildman–Crippen LogP) is 3.76. The van der Waals surface area contributed by atoms with Crippen molar-refractivity contribution in [2.75, 3.05) is 23.3 Å². The zero-order valence-electron chi connectivity index (χ0n) is 17.1. The average Bonchev–Trinajstić information content (AvgIpc) is 3.38. The van der Waals surface area contributed by atoms with E-state index >= 15 is 0 Å². The molecule has 2 aromatic carbocycles. The van der Waals surface area contributed by atoms with Gasteiger partial charge in [0.2, 0.25) is 0 Å². The molecule has 2 amide bonds. The van der Waals surface area contributed by atoms with Gasteiger partial charge in [-0.15, -0.1) is 0 Å². The van der Waals surface area contributed by atoms with Gasteiger partial charge in [0, 0.05) is 24.5 Å². The molecule has 154 valence electrons. The molecule has 0 unspecified atom stereocenters. The molecule has 0 aliphatic carbocycles. The Labute approximate surface area is 175 Å². The van der Waals surface area contributed by atoms with E-state index in [0.717, 1.165) is 35.5 Å². The number of fused-ring (bicyclic) bond motifs is 1. The standard InChI is InChI=1S/C24H25N3O3/c1-16-12-17(2)14-19(13-16)26-24(29)23(28)25-15-21(22-8-5-11-30-22)27-10-9-18-6-3-4-7-20(18)27/h3-8,11-14,21H,9-10,15H2,1-2H3,(H,25,28)(H,26,29)/t21-/m0/s1. The summed E-state index contributed by atoms with van der Waals surface area (Å²) in [6.45, 7) is 4.99. The van der Waals surface area contributed by atoms with Crippen LogP contribution in [0.15, 0.2) is 65.3 Å². The van der Waals surface area contributed by atoms with Crippen molar-refractivity contribution >= 4 is 23.2 Å². The lowest BCUT2D eigenvalue weighted by Gasteiger charge is -2.29. The first kappa shape index (κ1) is 19.8. The van der Waals surface area contributed by atoms with Crippen LogP contribution in [0.2, 0.25) is 0 Å². The SMILES string of the molecule is Cc1cc(C)cc(NC(=O)C(=O)NC[C@@H](c2ccco2)N2CCc3ccccc32)c1. The number of benzene rings is 2. The zero-order chi connectivity index (χ0) is 21.1. The van der Waals surface area contributed by atoms with Crippen LogP contribution in [0.25, 0.3) is 0 Å². The number of carbonyl (C=O) groups is 2. The van der Waals surface area contributed by atoms with Crippen LogP contribution in [-0.2, 0) is 16.0 Å². The first-order valence-electron chi connectivity index (χ1n) is 10.1. The van der Waals surface area contributed by atoms with E-state index in [1.54, 1.807) is 6.26 Å². The summed E-state index contributed by atoms with van der Waals surface area (Å²) in [5.74, 6) is -0.597. The van der Waals surface area contributed by atoms with Crippen LogP contribution in [0.4, 0.5) is 11.4 Å². The molecule has 6 heteroatoms. The Kier molecular flexibility index (Phi) is 5.57. The van der Waals surface area contributed by atoms with Crippen molar-refractivity contribution in [2.24, 2.45) is 0 Å². The maximum atomic E-state index is 12.5. The van der Waals surface area contributed by atoms with Gasteiger partial charge in [-0.2, -0.15) is 0 Å². The van der Waals surface area contributed by atoms with E-state index in [1.165, 1.54) is 5.56 Å². The molecule has 3 aromatic rings. The van der Waals surface area contributed by atoms with Gasteiger partial charge < -0.3 is 20.0 Å². The van der Waals surface area contributed by atoms with Crippen molar-refractivity contribution in [1.29, 1.82) is 0 Å². The van der Waals surface area contributed by atoms with Gasteiger partial charge in [0.1, 0.15) is 11.8 Å². The van der Waals surface area contributed by atoms with Gasteiger partial charge in [-0.1, -0.05) is 24.3 Å². The number of para-hydroxylation sites is 1. The molecule has 0 radical (unpaired) electrons. The second kappa shape index (κ2) is 8.45.